The normalized spacial score (nSPS) is 16.3. The highest BCUT2D eigenvalue weighted by molar-refractivity contribution is 6.30. The number of hydrogen-bond acceptors (Lipinski definition) is 3. The molecule has 1 N–H and O–H groups in total. The van der Waals surface area contributed by atoms with Crippen LogP contribution in [0.15, 0.2) is 35.5 Å². The molecule has 10 heteroatoms. The summed E-state index contributed by atoms with van der Waals surface area (Å²) in [7, 11) is 3.11. The van der Waals surface area contributed by atoms with Gasteiger partial charge in [0, 0.05) is 70.1 Å². The standard InChI is InChI=1S/C19H24ClF3N6/c1-24-18(25-11-15-13-27(2)26-17(15)19(21,22)23)29-8-6-28(7-9-29)12-14-4-3-5-16(20)10-14/h3-5,10,13H,6-9,11-12H2,1-2H3,(H,24,25). The fourth-order valence-electron chi connectivity index (χ4n) is 3.42. The number of aromatic nitrogens is 2. The molecule has 0 bridgehead atoms. The first-order valence-electron chi connectivity index (χ1n) is 9.28. The molecule has 2 aromatic rings. The maximum atomic E-state index is 13.1. The molecule has 2 heterocycles. The molecule has 1 saturated heterocycles. The van der Waals surface area contributed by atoms with Gasteiger partial charge < -0.3 is 10.2 Å². The third-order valence-corrected chi connectivity index (χ3v) is 5.02. The summed E-state index contributed by atoms with van der Waals surface area (Å²) in [6.45, 7) is 3.95. The quantitative estimate of drug-likeness (QED) is 0.601. The van der Waals surface area contributed by atoms with Gasteiger partial charge in [0.05, 0.1) is 0 Å². The minimum Gasteiger partial charge on any atom is -0.352 e. The Bertz CT molecular complexity index is 856. The van der Waals surface area contributed by atoms with Crippen LogP contribution in [0.2, 0.25) is 5.02 Å². The van der Waals surface area contributed by atoms with E-state index in [0.717, 1.165) is 43.3 Å². The van der Waals surface area contributed by atoms with Crippen molar-refractivity contribution in [2.45, 2.75) is 19.3 Å². The van der Waals surface area contributed by atoms with Crippen molar-refractivity contribution in [1.82, 2.24) is 24.9 Å². The van der Waals surface area contributed by atoms with E-state index in [-0.39, 0.29) is 12.1 Å². The van der Waals surface area contributed by atoms with Crippen molar-refractivity contribution in [2.24, 2.45) is 12.0 Å². The molecule has 6 nitrogen and oxygen atoms in total. The molecule has 0 spiro atoms. The Hall–Kier alpha value is -2.26. The number of guanidine groups is 1. The lowest BCUT2D eigenvalue weighted by molar-refractivity contribution is -0.142. The number of aliphatic imine (C=N–C) groups is 1. The molecule has 0 aliphatic carbocycles. The summed E-state index contributed by atoms with van der Waals surface area (Å²) in [5, 5.41) is 7.30. The highest BCUT2D eigenvalue weighted by Crippen LogP contribution is 2.30. The zero-order valence-electron chi connectivity index (χ0n) is 16.4. The Morgan fingerprint density at radius 2 is 1.97 bits per heavy atom. The molecule has 0 unspecified atom stereocenters. The van der Waals surface area contributed by atoms with Crippen LogP contribution in [0.3, 0.4) is 0 Å². The predicted octanol–water partition coefficient (Wildman–Crippen LogP) is 2.99. The van der Waals surface area contributed by atoms with Gasteiger partial charge in [-0.05, 0) is 17.7 Å². The Morgan fingerprint density at radius 1 is 1.24 bits per heavy atom. The van der Waals surface area contributed by atoms with E-state index < -0.39 is 11.9 Å². The molecule has 1 fully saturated rings. The number of rotatable bonds is 4. The Balaban J connectivity index is 1.55. The van der Waals surface area contributed by atoms with Crippen molar-refractivity contribution in [3.63, 3.8) is 0 Å². The fourth-order valence-corrected chi connectivity index (χ4v) is 3.64. The van der Waals surface area contributed by atoms with E-state index in [1.165, 1.54) is 17.9 Å². The van der Waals surface area contributed by atoms with Gasteiger partial charge in [-0.3, -0.25) is 14.6 Å². The maximum absolute atomic E-state index is 13.1. The van der Waals surface area contributed by atoms with E-state index in [9.17, 15) is 13.2 Å². The number of hydrogen-bond donors (Lipinski definition) is 1. The number of nitrogens with one attached hydrogen (secondary N) is 1. The second-order valence-electron chi connectivity index (χ2n) is 6.97. The smallest absolute Gasteiger partial charge is 0.352 e. The molecule has 0 radical (unpaired) electrons. The molecular formula is C19H24ClF3N6. The van der Waals surface area contributed by atoms with Gasteiger partial charge in [-0.25, -0.2) is 0 Å². The lowest BCUT2D eigenvalue weighted by Crippen LogP contribution is -2.52. The average Bonchev–Trinajstić information content (AvgIpc) is 3.05. The number of halogens is 4. The van der Waals surface area contributed by atoms with E-state index in [4.69, 9.17) is 11.6 Å². The van der Waals surface area contributed by atoms with E-state index >= 15 is 0 Å². The van der Waals surface area contributed by atoms with Gasteiger partial charge in [-0.2, -0.15) is 18.3 Å². The minimum absolute atomic E-state index is 0.0120. The maximum Gasteiger partial charge on any atom is 0.435 e. The summed E-state index contributed by atoms with van der Waals surface area (Å²) in [5.41, 5.74) is 0.389. The molecule has 1 aliphatic heterocycles. The lowest BCUT2D eigenvalue weighted by Gasteiger charge is -2.36. The highest BCUT2D eigenvalue weighted by Gasteiger charge is 2.36. The summed E-state index contributed by atoms with van der Waals surface area (Å²) in [6.07, 6.45) is -3.10. The second-order valence-corrected chi connectivity index (χ2v) is 7.40. The second kappa shape index (κ2) is 9.04. The Labute approximate surface area is 173 Å². The van der Waals surface area contributed by atoms with Crippen LogP contribution in [0.5, 0.6) is 0 Å². The zero-order chi connectivity index (χ0) is 21.0. The van der Waals surface area contributed by atoms with Crippen molar-refractivity contribution >= 4 is 17.6 Å². The van der Waals surface area contributed by atoms with Crippen LogP contribution in [0.4, 0.5) is 13.2 Å². The average molecular weight is 429 g/mol. The molecular weight excluding hydrogens is 405 g/mol. The van der Waals surface area contributed by atoms with Crippen molar-refractivity contribution < 1.29 is 13.2 Å². The summed E-state index contributed by atoms with van der Waals surface area (Å²) in [6, 6.07) is 7.80. The van der Waals surface area contributed by atoms with E-state index in [0.29, 0.717) is 5.96 Å². The molecule has 1 aromatic carbocycles. The highest BCUT2D eigenvalue weighted by atomic mass is 35.5. The first-order valence-corrected chi connectivity index (χ1v) is 9.66. The van der Waals surface area contributed by atoms with Crippen LogP contribution in [-0.4, -0.2) is 58.8 Å². The molecule has 0 amide bonds. The zero-order valence-corrected chi connectivity index (χ0v) is 17.1. The molecule has 0 saturated carbocycles. The summed E-state index contributed by atoms with van der Waals surface area (Å²) < 4.78 is 40.5. The molecule has 29 heavy (non-hydrogen) atoms. The summed E-state index contributed by atoms with van der Waals surface area (Å²) >= 11 is 6.05. The van der Waals surface area contributed by atoms with Gasteiger partial charge in [0.15, 0.2) is 11.7 Å². The van der Waals surface area contributed by atoms with Crippen molar-refractivity contribution in [2.75, 3.05) is 33.2 Å². The van der Waals surface area contributed by atoms with E-state index in [1.54, 1.807) is 7.05 Å². The van der Waals surface area contributed by atoms with Crippen LogP contribution in [0.25, 0.3) is 0 Å². The van der Waals surface area contributed by atoms with E-state index in [2.05, 4.69) is 25.2 Å². The van der Waals surface area contributed by atoms with Gasteiger partial charge >= 0.3 is 6.18 Å². The molecule has 1 aliphatic rings. The number of piperazine rings is 1. The fraction of sp³-hybridized carbons (Fsp3) is 0.474. The topological polar surface area (TPSA) is 48.7 Å². The Kier molecular flexibility index (Phi) is 6.69. The van der Waals surface area contributed by atoms with Gasteiger partial charge in [0.2, 0.25) is 0 Å². The number of benzene rings is 1. The Morgan fingerprint density at radius 3 is 2.59 bits per heavy atom. The first kappa shape index (κ1) is 21.4. The molecule has 158 valence electrons. The number of nitrogens with zero attached hydrogens (tertiary/aromatic N) is 5. The van der Waals surface area contributed by atoms with Gasteiger partial charge in [0.1, 0.15) is 0 Å². The van der Waals surface area contributed by atoms with Gasteiger partial charge in [-0.15, -0.1) is 0 Å². The largest absolute Gasteiger partial charge is 0.435 e. The predicted molar refractivity (Wildman–Crippen MR) is 107 cm³/mol. The number of alkyl halides is 3. The summed E-state index contributed by atoms with van der Waals surface area (Å²) in [4.78, 5) is 8.60. The van der Waals surface area contributed by atoms with Gasteiger partial charge in [0.25, 0.3) is 0 Å². The first-order chi connectivity index (χ1) is 13.8. The number of aryl methyl sites for hydroxylation is 1. The van der Waals surface area contributed by atoms with E-state index in [1.807, 2.05) is 24.3 Å². The van der Waals surface area contributed by atoms with Crippen molar-refractivity contribution in [3.8, 4) is 0 Å². The van der Waals surface area contributed by atoms with Crippen LogP contribution in [-0.2, 0) is 26.3 Å². The SMILES string of the molecule is CN=C(NCc1cn(C)nc1C(F)(F)F)N1CCN(Cc2cccc(Cl)c2)CC1. The third kappa shape index (κ3) is 5.63. The van der Waals surface area contributed by atoms with Crippen LogP contribution >= 0.6 is 11.6 Å². The summed E-state index contributed by atoms with van der Waals surface area (Å²) in [5.74, 6) is 0.587. The third-order valence-electron chi connectivity index (χ3n) is 4.79. The molecule has 1 aromatic heterocycles. The minimum atomic E-state index is -4.48. The van der Waals surface area contributed by atoms with Crippen molar-refractivity contribution in [1.29, 1.82) is 0 Å². The monoisotopic (exact) mass is 428 g/mol. The van der Waals surface area contributed by atoms with Crippen LogP contribution in [0.1, 0.15) is 16.8 Å². The van der Waals surface area contributed by atoms with Crippen molar-refractivity contribution in [3.05, 3.63) is 52.3 Å². The molecule has 3 rings (SSSR count). The van der Waals surface area contributed by atoms with Crippen LogP contribution < -0.4 is 5.32 Å². The van der Waals surface area contributed by atoms with Crippen LogP contribution in [0, 0.1) is 0 Å². The van der Waals surface area contributed by atoms with Gasteiger partial charge in [-0.1, -0.05) is 23.7 Å². The molecule has 0 atom stereocenters. The lowest BCUT2D eigenvalue weighted by atomic mass is 10.2.